The topological polar surface area (TPSA) is 64.0 Å². The molecule has 0 fully saturated rings. The molecule has 1 aliphatic carbocycles. The lowest BCUT2D eigenvalue weighted by Gasteiger charge is -2.16. The van der Waals surface area contributed by atoms with Gasteiger partial charge in [-0.2, -0.15) is 0 Å². The molecule has 112 valence electrons. The van der Waals surface area contributed by atoms with Crippen molar-refractivity contribution in [2.75, 3.05) is 0 Å². The SMILES string of the molecule is Cc1nc(S(=O)(=O)NC2c3ccccc3CC2Cl)cn1C. The van der Waals surface area contributed by atoms with Crippen LogP contribution < -0.4 is 4.72 Å². The summed E-state index contributed by atoms with van der Waals surface area (Å²) in [4.78, 5) is 4.07. The van der Waals surface area contributed by atoms with Crippen LogP contribution in [0, 0.1) is 6.92 Å². The number of aryl methyl sites for hydroxylation is 2. The number of benzene rings is 1. The third-order valence-corrected chi connectivity index (χ3v) is 5.53. The lowest BCUT2D eigenvalue weighted by Crippen LogP contribution is -2.32. The van der Waals surface area contributed by atoms with E-state index >= 15 is 0 Å². The van der Waals surface area contributed by atoms with Crippen LogP contribution in [0.25, 0.3) is 0 Å². The molecule has 21 heavy (non-hydrogen) atoms. The smallest absolute Gasteiger partial charge is 0.260 e. The Morgan fingerprint density at radius 2 is 2.10 bits per heavy atom. The number of aromatic nitrogens is 2. The molecule has 0 bridgehead atoms. The summed E-state index contributed by atoms with van der Waals surface area (Å²) in [5, 5.41) is -0.266. The van der Waals surface area contributed by atoms with Crippen molar-refractivity contribution < 1.29 is 8.42 Å². The van der Waals surface area contributed by atoms with E-state index in [-0.39, 0.29) is 10.4 Å². The molecule has 0 amide bonds. The first-order chi connectivity index (χ1) is 9.88. The van der Waals surface area contributed by atoms with Gasteiger partial charge in [-0.15, -0.1) is 11.6 Å². The molecule has 0 saturated carbocycles. The van der Waals surface area contributed by atoms with E-state index in [0.29, 0.717) is 12.2 Å². The summed E-state index contributed by atoms with van der Waals surface area (Å²) in [6, 6.07) is 7.29. The minimum atomic E-state index is -3.69. The van der Waals surface area contributed by atoms with Crippen LogP contribution in [0.1, 0.15) is 23.0 Å². The van der Waals surface area contributed by atoms with E-state index < -0.39 is 16.1 Å². The monoisotopic (exact) mass is 325 g/mol. The zero-order valence-corrected chi connectivity index (χ0v) is 13.3. The van der Waals surface area contributed by atoms with Crippen LogP contribution in [0.2, 0.25) is 0 Å². The van der Waals surface area contributed by atoms with Crippen molar-refractivity contribution in [2.45, 2.75) is 29.8 Å². The van der Waals surface area contributed by atoms with Crippen molar-refractivity contribution in [1.82, 2.24) is 14.3 Å². The Morgan fingerprint density at radius 1 is 1.38 bits per heavy atom. The molecule has 2 aromatic rings. The van der Waals surface area contributed by atoms with Crippen molar-refractivity contribution in [2.24, 2.45) is 7.05 Å². The average molecular weight is 326 g/mol. The predicted molar refractivity (Wildman–Crippen MR) is 80.8 cm³/mol. The summed E-state index contributed by atoms with van der Waals surface area (Å²) in [5.74, 6) is 0.643. The van der Waals surface area contributed by atoms with Crippen molar-refractivity contribution >= 4 is 21.6 Å². The summed E-state index contributed by atoms with van der Waals surface area (Å²) in [5.41, 5.74) is 2.02. The number of nitrogens with one attached hydrogen (secondary N) is 1. The second-order valence-electron chi connectivity index (χ2n) is 5.26. The Morgan fingerprint density at radius 3 is 2.76 bits per heavy atom. The van der Waals surface area contributed by atoms with E-state index in [1.807, 2.05) is 24.3 Å². The quantitative estimate of drug-likeness (QED) is 0.877. The van der Waals surface area contributed by atoms with Crippen molar-refractivity contribution in [1.29, 1.82) is 0 Å². The highest BCUT2D eigenvalue weighted by Crippen LogP contribution is 2.35. The minimum absolute atomic E-state index is 0.0238. The molecule has 1 N–H and O–H groups in total. The van der Waals surface area contributed by atoms with Gasteiger partial charge >= 0.3 is 0 Å². The molecule has 3 rings (SSSR count). The zero-order valence-electron chi connectivity index (χ0n) is 11.7. The van der Waals surface area contributed by atoms with Gasteiger partial charge in [0.1, 0.15) is 5.82 Å². The summed E-state index contributed by atoms with van der Waals surface area (Å²) in [6.07, 6.45) is 2.16. The Balaban J connectivity index is 1.93. The number of halogens is 1. The van der Waals surface area contributed by atoms with E-state index in [9.17, 15) is 8.42 Å². The first kappa shape index (κ1) is 14.6. The van der Waals surface area contributed by atoms with Gasteiger partial charge in [0.15, 0.2) is 5.03 Å². The number of alkyl halides is 1. The summed E-state index contributed by atoms with van der Waals surface area (Å²) < 4.78 is 29.3. The number of fused-ring (bicyclic) bond motifs is 1. The first-order valence-electron chi connectivity index (χ1n) is 6.62. The van der Waals surface area contributed by atoms with Crippen LogP contribution in [0.4, 0.5) is 0 Å². The van der Waals surface area contributed by atoms with Gasteiger partial charge in [0, 0.05) is 13.2 Å². The van der Waals surface area contributed by atoms with E-state index in [2.05, 4.69) is 9.71 Å². The van der Waals surface area contributed by atoms with Gasteiger partial charge in [-0.3, -0.25) is 0 Å². The zero-order chi connectivity index (χ0) is 15.2. The lowest BCUT2D eigenvalue weighted by molar-refractivity contribution is 0.553. The molecule has 1 aromatic carbocycles. The standard InChI is InChI=1S/C14H16ClN3O2S/c1-9-16-13(8-18(9)2)21(19,20)17-14-11-6-4-3-5-10(11)7-12(14)15/h3-6,8,12,14,17H,7H2,1-2H3. The Kier molecular flexibility index (Phi) is 3.55. The number of hydrogen-bond donors (Lipinski definition) is 1. The second kappa shape index (κ2) is 5.12. The van der Waals surface area contributed by atoms with Crippen LogP contribution in [-0.4, -0.2) is 23.3 Å². The van der Waals surface area contributed by atoms with E-state index in [1.54, 1.807) is 18.5 Å². The van der Waals surface area contributed by atoms with Crippen LogP contribution in [0.5, 0.6) is 0 Å². The Hall–Kier alpha value is -1.37. The number of hydrogen-bond acceptors (Lipinski definition) is 3. The molecule has 2 unspecified atom stereocenters. The number of imidazole rings is 1. The molecule has 1 heterocycles. The maximum absolute atomic E-state index is 12.5. The molecule has 7 heteroatoms. The molecule has 1 aliphatic rings. The van der Waals surface area contributed by atoms with Gasteiger partial charge in [0.2, 0.25) is 0 Å². The normalized spacial score (nSPS) is 21.5. The highest BCUT2D eigenvalue weighted by atomic mass is 35.5. The van der Waals surface area contributed by atoms with Gasteiger partial charge in [0.05, 0.1) is 11.4 Å². The maximum Gasteiger partial charge on any atom is 0.260 e. The van der Waals surface area contributed by atoms with Gasteiger partial charge in [-0.05, 0) is 24.5 Å². The van der Waals surface area contributed by atoms with Gasteiger partial charge in [0.25, 0.3) is 10.0 Å². The minimum Gasteiger partial charge on any atom is -0.337 e. The molecule has 0 saturated heterocycles. The Labute approximate surface area is 129 Å². The van der Waals surface area contributed by atoms with Crippen LogP contribution in [0.15, 0.2) is 35.5 Å². The third-order valence-electron chi connectivity index (χ3n) is 3.81. The fourth-order valence-corrected chi connectivity index (χ4v) is 4.30. The second-order valence-corrected chi connectivity index (χ2v) is 7.48. The average Bonchev–Trinajstić information content (AvgIpc) is 2.92. The van der Waals surface area contributed by atoms with Crippen LogP contribution in [0.3, 0.4) is 0 Å². The number of nitrogens with zero attached hydrogens (tertiary/aromatic N) is 2. The van der Waals surface area contributed by atoms with Crippen molar-refractivity contribution in [3.05, 3.63) is 47.4 Å². The number of rotatable bonds is 3. The van der Waals surface area contributed by atoms with Crippen LogP contribution in [-0.2, 0) is 23.5 Å². The lowest BCUT2D eigenvalue weighted by atomic mass is 10.1. The molecule has 1 aromatic heterocycles. The number of sulfonamides is 1. The van der Waals surface area contributed by atoms with Crippen LogP contribution >= 0.6 is 11.6 Å². The fraction of sp³-hybridized carbons (Fsp3) is 0.357. The molecule has 0 aliphatic heterocycles. The molecule has 0 spiro atoms. The highest BCUT2D eigenvalue weighted by molar-refractivity contribution is 7.89. The molecule has 5 nitrogen and oxygen atoms in total. The van der Waals surface area contributed by atoms with E-state index in [0.717, 1.165) is 11.1 Å². The summed E-state index contributed by atoms with van der Waals surface area (Å²) >= 11 is 6.32. The molecule has 2 atom stereocenters. The third kappa shape index (κ3) is 2.59. The maximum atomic E-state index is 12.5. The van der Waals surface area contributed by atoms with Gasteiger partial charge in [-0.1, -0.05) is 24.3 Å². The Bertz CT molecular complexity index is 766. The van der Waals surface area contributed by atoms with E-state index in [4.69, 9.17) is 11.6 Å². The van der Waals surface area contributed by atoms with Crippen molar-refractivity contribution in [3.63, 3.8) is 0 Å². The van der Waals surface area contributed by atoms with E-state index in [1.165, 1.54) is 6.20 Å². The largest absolute Gasteiger partial charge is 0.337 e. The first-order valence-corrected chi connectivity index (χ1v) is 8.54. The van der Waals surface area contributed by atoms with Gasteiger partial charge < -0.3 is 4.57 Å². The molecular weight excluding hydrogens is 310 g/mol. The molecular formula is C14H16ClN3O2S. The van der Waals surface area contributed by atoms with Gasteiger partial charge in [-0.25, -0.2) is 18.1 Å². The van der Waals surface area contributed by atoms with Crippen molar-refractivity contribution in [3.8, 4) is 0 Å². The predicted octanol–water partition coefficient (Wildman–Crippen LogP) is 1.91. The summed E-state index contributed by atoms with van der Waals surface area (Å²) in [7, 11) is -1.93. The molecule has 0 radical (unpaired) electrons. The summed E-state index contributed by atoms with van der Waals surface area (Å²) in [6.45, 7) is 1.76. The highest BCUT2D eigenvalue weighted by Gasteiger charge is 2.35. The fourth-order valence-electron chi connectivity index (χ4n) is 2.57.